The number of carbonyl (C=O) groups is 6. The summed E-state index contributed by atoms with van der Waals surface area (Å²) >= 11 is 18.4. The minimum absolute atomic E-state index is 0.0113. The van der Waals surface area contributed by atoms with Crippen LogP contribution in [0.3, 0.4) is 0 Å². The molecule has 2 heterocycles. The van der Waals surface area contributed by atoms with E-state index in [1.54, 1.807) is 97.1 Å². The van der Waals surface area contributed by atoms with E-state index in [1.807, 2.05) is 0 Å². The summed E-state index contributed by atoms with van der Waals surface area (Å²) in [5.74, 6) is -6.93. The zero-order chi connectivity index (χ0) is 54.5. The van der Waals surface area contributed by atoms with Crippen LogP contribution in [-0.2, 0) is 47.4 Å². The molecular formula is C56H46Cl3NO17. The lowest BCUT2D eigenvalue weighted by atomic mass is 9.95. The topological polar surface area (TPSA) is 239 Å². The van der Waals surface area contributed by atoms with E-state index >= 15 is 0 Å². The van der Waals surface area contributed by atoms with Gasteiger partial charge in [-0.15, -0.1) is 0 Å². The highest BCUT2D eigenvalue weighted by molar-refractivity contribution is 6.76. The van der Waals surface area contributed by atoms with Gasteiger partial charge in [-0.3, -0.25) is 5.41 Å². The molecule has 0 saturated carbocycles. The van der Waals surface area contributed by atoms with Crippen LogP contribution in [-0.4, -0.2) is 125 Å². The van der Waals surface area contributed by atoms with Crippen LogP contribution in [0.1, 0.15) is 62.1 Å². The first-order valence-electron chi connectivity index (χ1n) is 23.6. The van der Waals surface area contributed by atoms with E-state index in [4.69, 9.17) is 87.6 Å². The molecule has 77 heavy (non-hydrogen) atoms. The van der Waals surface area contributed by atoms with Crippen LogP contribution >= 0.6 is 34.8 Å². The van der Waals surface area contributed by atoms with Crippen LogP contribution in [0.15, 0.2) is 182 Å². The molecular weight excluding hydrogens is 1060 g/mol. The minimum Gasteiger partial charge on any atom is -0.459 e. The van der Waals surface area contributed by atoms with E-state index < -0.39 is 120 Å². The molecule has 18 nitrogen and oxygen atoms in total. The fourth-order valence-electron chi connectivity index (χ4n) is 7.97. The van der Waals surface area contributed by atoms with Crippen molar-refractivity contribution >= 4 is 76.5 Å². The van der Waals surface area contributed by atoms with Gasteiger partial charge in [0.15, 0.2) is 30.7 Å². The molecule has 2 saturated heterocycles. The van der Waals surface area contributed by atoms with Crippen LogP contribution in [0.2, 0.25) is 0 Å². The fraction of sp³-hybridized carbons (Fsp3) is 0.232. The van der Waals surface area contributed by atoms with Crippen LogP contribution in [0.25, 0.3) is 0 Å². The van der Waals surface area contributed by atoms with Crippen molar-refractivity contribution in [1.82, 2.24) is 0 Å². The third-order valence-electron chi connectivity index (χ3n) is 11.8. The second kappa shape index (κ2) is 25.9. The van der Waals surface area contributed by atoms with Gasteiger partial charge in [0.25, 0.3) is 3.79 Å². The number of alkyl halides is 3. The molecule has 2 fully saturated rings. The Morgan fingerprint density at radius 2 is 0.701 bits per heavy atom. The van der Waals surface area contributed by atoms with Crippen molar-refractivity contribution in [3.63, 3.8) is 0 Å². The van der Waals surface area contributed by atoms with Crippen LogP contribution in [0.4, 0.5) is 0 Å². The number of carbonyl (C=O) groups excluding carboxylic acids is 6. The van der Waals surface area contributed by atoms with Gasteiger partial charge in [0.1, 0.15) is 37.6 Å². The molecule has 0 unspecified atom stereocenters. The van der Waals surface area contributed by atoms with Crippen LogP contribution in [0, 0.1) is 5.41 Å². The van der Waals surface area contributed by atoms with Crippen molar-refractivity contribution in [2.75, 3.05) is 13.2 Å². The van der Waals surface area contributed by atoms with E-state index in [0.717, 1.165) is 0 Å². The number of ether oxygens (including phenoxy) is 10. The molecule has 2 aliphatic rings. The molecule has 0 radical (unpaired) electrons. The van der Waals surface area contributed by atoms with E-state index in [9.17, 15) is 33.9 Å². The van der Waals surface area contributed by atoms with Gasteiger partial charge in [-0.2, -0.15) is 0 Å². The summed E-state index contributed by atoms with van der Waals surface area (Å²) in [7, 11) is 0. The number of esters is 6. The van der Waals surface area contributed by atoms with Crippen molar-refractivity contribution in [2.24, 2.45) is 0 Å². The summed E-state index contributed by atoms with van der Waals surface area (Å²) in [6.07, 6.45) is -19.5. The molecule has 2 aliphatic heterocycles. The molecule has 10 atom stereocenters. The van der Waals surface area contributed by atoms with E-state index in [-0.39, 0.29) is 33.4 Å². The Morgan fingerprint density at radius 1 is 0.403 bits per heavy atom. The van der Waals surface area contributed by atoms with Crippen molar-refractivity contribution in [1.29, 1.82) is 5.41 Å². The number of benzene rings is 6. The highest BCUT2D eigenvalue weighted by Crippen LogP contribution is 2.38. The Balaban J connectivity index is 1.26. The summed E-state index contributed by atoms with van der Waals surface area (Å²) in [4.78, 5) is 83.5. The standard InChI is InChI=1S/C56H46Cl3NO17/c57-56(58,59)55(60)77-54-46(75-52(67)38-29-17-6-18-30-38)45(43(73-50(65)36-25-13-4-14-26-36)40(71-54)32-69-48(63)34-21-9-2-10-22-34)76-53-44(74-51(66)37-27-15-5-16-28-37)41(61)42(72-49(64)35-23-11-3-12-24-35)39(70-53)31-68-47(62)33-19-7-1-8-20-33/h1-30,39-46,53-54,60-61H,31-32H2/t39-,40-,41+,42-,43-,44+,45+,46+,53-,54-/m1/s1. The monoisotopic (exact) mass is 1110 g/mol. The molecule has 0 bridgehead atoms. The highest BCUT2D eigenvalue weighted by Gasteiger charge is 2.58. The first-order valence-corrected chi connectivity index (χ1v) is 24.7. The predicted octanol–water partition coefficient (Wildman–Crippen LogP) is 8.16. The lowest BCUT2D eigenvalue weighted by Gasteiger charge is -2.48. The molecule has 8 rings (SSSR count). The smallest absolute Gasteiger partial charge is 0.338 e. The molecule has 0 aliphatic carbocycles. The van der Waals surface area contributed by atoms with Gasteiger partial charge in [0.05, 0.1) is 33.4 Å². The largest absolute Gasteiger partial charge is 0.459 e. The molecule has 0 aromatic heterocycles. The Morgan fingerprint density at radius 3 is 1.06 bits per heavy atom. The maximum atomic E-state index is 14.3. The third kappa shape index (κ3) is 14.4. The molecule has 398 valence electrons. The Labute approximate surface area is 454 Å². The second-order valence-electron chi connectivity index (χ2n) is 17.0. The first-order chi connectivity index (χ1) is 37.1. The summed E-state index contributed by atoms with van der Waals surface area (Å²) < 4.78 is 58.4. The van der Waals surface area contributed by atoms with Crippen molar-refractivity contribution < 1.29 is 81.2 Å². The van der Waals surface area contributed by atoms with E-state index in [1.165, 1.54) is 84.9 Å². The molecule has 6 aromatic rings. The number of aliphatic hydroxyl groups excluding tert-OH is 1. The zero-order valence-electron chi connectivity index (χ0n) is 40.1. The average molecular weight is 1110 g/mol. The van der Waals surface area contributed by atoms with Gasteiger partial charge in [-0.1, -0.05) is 144 Å². The molecule has 0 spiro atoms. The number of nitrogens with one attached hydrogen (secondary N) is 1. The van der Waals surface area contributed by atoms with Gasteiger partial charge in [0, 0.05) is 0 Å². The summed E-state index contributed by atoms with van der Waals surface area (Å²) in [6, 6.07) is 45.9. The van der Waals surface area contributed by atoms with Gasteiger partial charge in [0.2, 0.25) is 12.2 Å². The molecule has 6 aromatic carbocycles. The maximum Gasteiger partial charge on any atom is 0.338 e. The van der Waals surface area contributed by atoms with E-state index in [0.29, 0.717) is 0 Å². The molecule has 2 N–H and O–H groups in total. The molecule has 0 amide bonds. The lowest BCUT2D eigenvalue weighted by molar-refractivity contribution is -0.351. The third-order valence-corrected chi connectivity index (χ3v) is 12.3. The van der Waals surface area contributed by atoms with Crippen LogP contribution < -0.4 is 0 Å². The number of rotatable bonds is 17. The summed E-state index contributed by atoms with van der Waals surface area (Å²) in [5, 5.41) is 21.2. The number of hydrogen-bond donors (Lipinski definition) is 2. The Bertz CT molecular complexity index is 2970. The number of halogens is 3. The second-order valence-corrected chi connectivity index (χ2v) is 19.3. The van der Waals surface area contributed by atoms with Gasteiger partial charge < -0.3 is 52.5 Å². The Hall–Kier alpha value is -7.68. The number of aliphatic hydroxyl groups is 1. The quantitative estimate of drug-likeness (QED) is 0.0288. The SMILES string of the molecule is N=C(O[C@H]1O[C@H](COC(=O)c2ccccc2)[C@@H](OC(=O)c2ccccc2)[C@H](O[C@H]2O[C@H](COC(=O)c3ccccc3)[C@@H](OC(=O)c3ccccc3)[C@H](O)[C@@H]2OC(=O)c2ccccc2)[C@@H]1OC(=O)c1ccccc1)C(Cl)(Cl)Cl. The van der Waals surface area contributed by atoms with Crippen molar-refractivity contribution in [2.45, 2.75) is 65.2 Å². The lowest BCUT2D eigenvalue weighted by Crippen LogP contribution is -2.67. The van der Waals surface area contributed by atoms with Crippen molar-refractivity contribution in [3.05, 3.63) is 215 Å². The average Bonchev–Trinajstić information content (AvgIpc) is 3.47. The maximum absolute atomic E-state index is 14.3. The summed E-state index contributed by atoms with van der Waals surface area (Å²) in [5.41, 5.74) is 0.175. The number of hydrogen-bond acceptors (Lipinski definition) is 18. The normalized spacial score (nSPS) is 23.0. The zero-order valence-corrected chi connectivity index (χ0v) is 42.4. The van der Waals surface area contributed by atoms with Gasteiger partial charge in [-0.05, 0) is 72.8 Å². The van der Waals surface area contributed by atoms with Gasteiger partial charge >= 0.3 is 35.8 Å². The van der Waals surface area contributed by atoms with Gasteiger partial charge in [-0.25, -0.2) is 28.8 Å². The highest BCUT2D eigenvalue weighted by atomic mass is 35.6. The predicted molar refractivity (Wildman–Crippen MR) is 273 cm³/mol. The van der Waals surface area contributed by atoms with Crippen LogP contribution in [0.5, 0.6) is 0 Å². The minimum atomic E-state index is -2.58. The Kier molecular flexibility index (Phi) is 18.7. The molecule has 21 heteroatoms. The fourth-order valence-corrected chi connectivity index (χ4v) is 8.11. The van der Waals surface area contributed by atoms with E-state index in [2.05, 4.69) is 0 Å². The summed E-state index contributed by atoms with van der Waals surface area (Å²) in [6.45, 7) is -1.54. The first kappa shape index (κ1) is 55.5. The van der Waals surface area contributed by atoms with Crippen molar-refractivity contribution in [3.8, 4) is 0 Å².